The van der Waals surface area contributed by atoms with E-state index in [2.05, 4.69) is 16.4 Å². The SMILES string of the molecule is CN(C)c1ncccc1NCc1ccc(C#N)cc1. The van der Waals surface area contributed by atoms with Gasteiger partial charge in [-0.2, -0.15) is 5.26 Å². The Morgan fingerprint density at radius 1 is 1.21 bits per heavy atom. The molecule has 0 aliphatic carbocycles. The standard InChI is InChI=1S/C15H16N4/c1-19(2)15-14(4-3-9-17-15)18-11-13-7-5-12(10-16)6-8-13/h3-9,18H,11H2,1-2H3. The Morgan fingerprint density at radius 2 is 1.95 bits per heavy atom. The highest BCUT2D eigenvalue weighted by atomic mass is 15.2. The van der Waals surface area contributed by atoms with Crippen molar-refractivity contribution >= 4 is 11.5 Å². The van der Waals surface area contributed by atoms with Gasteiger partial charge in [-0.25, -0.2) is 4.98 Å². The maximum atomic E-state index is 8.75. The summed E-state index contributed by atoms with van der Waals surface area (Å²) < 4.78 is 0. The first-order valence-electron chi connectivity index (χ1n) is 6.06. The monoisotopic (exact) mass is 252 g/mol. The third-order valence-electron chi connectivity index (χ3n) is 2.78. The third kappa shape index (κ3) is 3.23. The van der Waals surface area contributed by atoms with Crippen molar-refractivity contribution < 1.29 is 0 Å². The van der Waals surface area contributed by atoms with Crippen LogP contribution in [-0.4, -0.2) is 19.1 Å². The Balaban J connectivity index is 2.08. The van der Waals surface area contributed by atoms with E-state index in [4.69, 9.17) is 5.26 Å². The largest absolute Gasteiger partial charge is 0.378 e. The molecule has 2 rings (SSSR count). The Kier molecular flexibility index (Phi) is 3.99. The zero-order valence-corrected chi connectivity index (χ0v) is 11.1. The zero-order chi connectivity index (χ0) is 13.7. The van der Waals surface area contributed by atoms with Gasteiger partial charge in [0, 0.05) is 26.8 Å². The molecule has 4 nitrogen and oxygen atoms in total. The highest BCUT2D eigenvalue weighted by molar-refractivity contribution is 5.64. The molecule has 0 spiro atoms. The first-order valence-corrected chi connectivity index (χ1v) is 6.06. The van der Waals surface area contributed by atoms with Gasteiger partial charge in [-0.1, -0.05) is 12.1 Å². The Hall–Kier alpha value is -2.54. The van der Waals surface area contributed by atoms with Gasteiger partial charge in [0.1, 0.15) is 0 Å². The second kappa shape index (κ2) is 5.87. The quantitative estimate of drug-likeness (QED) is 0.908. The minimum atomic E-state index is 0.680. The molecule has 0 radical (unpaired) electrons. The molecule has 2 aromatic rings. The molecule has 1 N–H and O–H groups in total. The molecule has 0 saturated carbocycles. The van der Waals surface area contributed by atoms with E-state index in [-0.39, 0.29) is 0 Å². The summed E-state index contributed by atoms with van der Waals surface area (Å²) >= 11 is 0. The van der Waals surface area contributed by atoms with Crippen LogP contribution in [0.2, 0.25) is 0 Å². The first kappa shape index (κ1) is 12.9. The molecule has 1 aromatic heterocycles. The molecule has 0 fully saturated rings. The third-order valence-corrected chi connectivity index (χ3v) is 2.78. The number of rotatable bonds is 4. The molecule has 1 aromatic carbocycles. The number of hydrogen-bond donors (Lipinski definition) is 1. The van der Waals surface area contributed by atoms with Crippen molar-refractivity contribution in [2.75, 3.05) is 24.3 Å². The summed E-state index contributed by atoms with van der Waals surface area (Å²) in [5.74, 6) is 0.913. The van der Waals surface area contributed by atoms with E-state index in [0.717, 1.165) is 17.1 Å². The highest BCUT2D eigenvalue weighted by Crippen LogP contribution is 2.21. The molecule has 4 heteroatoms. The number of nitrogens with one attached hydrogen (secondary N) is 1. The minimum absolute atomic E-state index is 0.680. The van der Waals surface area contributed by atoms with Crippen LogP contribution in [0.3, 0.4) is 0 Å². The number of nitriles is 1. The van der Waals surface area contributed by atoms with Gasteiger partial charge in [-0.15, -0.1) is 0 Å². The van der Waals surface area contributed by atoms with Gasteiger partial charge in [-0.05, 0) is 29.8 Å². The van der Waals surface area contributed by atoms with Gasteiger partial charge in [0.25, 0.3) is 0 Å². The Morgan fingerprint density at radius 3 is 2.58 bits per heavy atom. The van der Waals surface area contributed by atoms with Crippen LogP contribution < -0.4 is 10.2 Å². The highest BCUT2D eigenvalue weighted by Gasteiger charge is 2.04. The molecule has 0 bridgehead atoms. The molecule has 0 amide bonds. The molecule has 19 heavy (non-hydrogen) atoms. The summed E-state index contributed by atoms with van der Waals surface area (Å²) in [7, 11) is 3.93. The maximum absolute atomic E-state index is 8.75. The van der Waals surface area contributed by atoms with Gasteiger partial charge >= 0.3 is 0 Å². The van der Waals surface area contributed by atoms with E-state index in [1.807, 2.05) is 55.4 Å². The predicted molar refractivity (Wildman–Crippen MR) is 77.0 cm³/mol. The molecular weight excluding hydrogens is 236 g/mol. The van der Waals surface area contributed by atoms with Crippen molar-refractivity contribution in [3.8, 4) is 6.07 Å². The van der Waals surface area contributed by atoms with E-state index in [1.54, 1.807) is 6.20 Å². The summed E-state index contributed by atoms with van der Waals surface area (Å²) in [6, 6.07) is 13.6. The lowest BCUT2D eigenvalue weighted by molar-refractivity contribution is 1.05. The van der Waals surface area contributed by atoms with Crippen molar-refractivity contribution in [2.24, 2.45) is 0 Å². The Labute approximate surface area is 113 Å². The average molecular weight is 252 g/mol. The normalized spacial score (nSPS) is 9.74. The molecule has 0 aliphatic heterocycles. The zero-order valence-electron chi connectivity index (χ0n) is 11.1. The molecular formula is C15H16N4. The second-order valence-electron chi connectivity index (χ2n) is 4.43. The number of pyridine rings is 1. The lowest BCUT2D eigenvalue weighted by Gasteiger charge is -2.16. The van der Waals surface area contributed by atoms with E-state index in [9.17, 15) is 0 Å². The van der Waals surface area contributed by atoms with Gasteiger partial charge in [-0.3, -0.25) is 0 Å². The van der Waals surface area contributed by atoms with Gasteiger partial charge in [0.15, 0.2) is 5.82 Å². The van der Waals surface area contributed by atoms with Crippen LogP contribution in [0.1, 0.15) is 11.1 Å². The molecule has 1 heterocycles. The molecule has 96 valence electrons. The lowest BCUT2D eigenvalue weighted by Crippen LogP contribution is -2.13. The van der Waals surface area contributed by atoms with Crippen molar-refractivity contribution in [3.05, 3.63) is 53.7 Å². The van der Waals surface area contributed by atoms with Gasteiger partial charge < -0.3 is 10.2 Å². The smallest absolute Gasteiger partial charge is 0.151 e. The number of anilines is 2. The fraction of sp³-hybridized carbons (Fsp3) is 0.200. The van der Waals surface area contributed by atoms with Crippen LogP contribution in [0, 0.1) is 11.3 Å². The van der Waals surface area contributed by atoms with Crippen LogP contribution in [0.25, 0.3) is 0 Å². The average Bonchev–Trinajstić information content (AvgIpc) is 2.46. The van der Waals surface area contributed by atoms with Crippen LogP contribution in [-0.2, 0) is 6.54 Å². The van der Waals surface area contributed by atoms with Crippen LogP contribution in [0.5, 0.6) is 0 Å². The van der Waals surface area contributed by atoms with Crippen LogP contribution in [0.4, 0.5) is 11.5 Å². The topological polar surface area (TPSA) is 52.0 Å². The van der Waals surface area contributed by atoms with Crippen LogP contribution in [0.15, 0.2) is 42.6 Å². The summed E-state index contributed by atoms with van der Waals surface area (Å²) in [5, 5.41) is 12.1. The number of benzene rings is 1. The summed E-state index contributed by atoms with van der Waals surface area (Å²) in [6.07, 6.45) is 1.78. The van der Waals surface area contributed by atoms with Crippen LogP contribution >= 0.6 is 0 Å². The van der Waals surface area contributed by atoms with Crippen molar-refractivity contribution in [1.29, 1.82) is 5.26 Å². The lowest BCUT2D eigenvalue weighted by atomic mass is 10.1. The second-order valence-corrected chi connectivity index (χ2v) is 4.43. The maximum Gasteiger partial charge on any atom is 0.151 e. The molecule has 0 saturated heterocycles. The van der Waals surface area contributed by atoms with E-state index >= 15 is 0 Å². The van der Waals surface area contributed by atoms with Crippen molar-refractivity contribution in [1.82, 2.24) is 4.98 Å². The predicted octanol–water partition coefficient (Wildman–Crippen LogP) is 2.63. The molecule has 0 aliphatic rings. The van der Waals surface area contributed by atoms with Crippen molar-refractivity contribution in [3.63, 3.8) is 0 Å². The summed E-state index contributed by atoms with van der Waals surface area (Å²) in [5.41, 5.74) is 2.81. The molecule has 0 atom stereocenters. The van der Waals surface area contributed by atoms with Gasteiger partial charge in [0.05, 0.1) is 17.3 Å². The first-order chi connectivity index (χ1) is 9.20. The Bertz CT molecular complexity index is 582. The van der Waals surface area contributed by atoms with E-state index < -0.39 is 0 Å². The molecule has 0 unspecified atom stereocenters. The number of nitrogens with zero attached hydrogens (tertiary/aromatic N) is 3. The van der Waals surface area contributed by atoms with Crippen molar-refractivity contribution in [2.45, 2.75) is 6.54 Å². The van der Waals surface area contributed by atoms with E-state index in [1.165, 1.54) is 0 Å². The fourth-order valence-electron chi connectivity index (χ4n) is 1.79. The fourth-order valence-corrected chi connectivity index (χ4v) is 1.79. The number of aromatic nitrogens is 1. The van der Waals surface area contributed by atoms with Gasteiger partial charge in [0.2, 0.25) is 0 Å². The minimum Gasteiger partial charge on any atom is -0.378 e. The summed E-state index contributed by atoms with van der Waals surface area (Å²) in [6.45, 7) is 0.707. The van der Waals surface area contributed by atoms with E-state index in [0.29, 0.717) is 12.1 Å². The summed E-state index contributed by atoms with van der Waals surface area (Å²) in [4.78, 5) is 6.31. The number of hydrogen-bond acceptors (Lipinski definition) is 4.